The van der Waals surface area contributed by atoms with E-state index in [2.05, 4.69) is 14.5 Å². The summed E-state index contributed by atoms with van der Waals surface area (Å²) in [5, 5.41) is 3.21. The topological polar surface area (TPSA) is 30.7 Å². The van der Waals surface area contributed by atoms with Crippen LogP contribution >= 0.6 is 22.9 Å². The van der Waals surface area contributed by atoms with Gasteiger partial charge in [-0.2, -0.15) is 0 Å². The molecule has 2 aromatic rings. The van der Waals surface area contributed by atoms with E-state index < -0.39 is 0 Å². The van der Waals surface area contributed by atoms with E-state index in [0.717, 1.165) is 30.9 Å². The molecule has 0 spiro atoms. The molecule has 0 atom stereocenters. The molecule has 0 radical (unpaired) electrons. The number of hydrogen-bond donors (Lipinski definition) is 0. The average Bonchev–Trinajstić information content (AvgIpc) is 2.89. The van der Waals surface area contributed by atoms with Crippen molar-refractivity contribution < 1.29 is 0 Å². The molecule has 86 valence electrons. The fraction of sp³-hybridized carbons (Fsp3) is 0.455. The van der Waals surface area contributed by atoms with Crippen molar-refractivity contribution in [1.82, 2.24) is 14.5 Å². The molecule has 0 amide bonds. The Balaban J connectivity index is 1.82. The Morgan fingerprint density at radius 2 is 2.38 bits per heavy atom. The molecule has 0 aliphatic rings. The van der Waals surface area contributed by atoms with Gasteiger partial charge in [-0.05, 0) is 13.3 Å². The summed E-state index contributed by atoms with van der Waals surface area (Å²) in [5.74, 6) is 1.58. The number of halogens is 1. The molecule has 2 aromatic heterocycles. The van der Waals surface area contributed by atoms with Gasteiger partial charge in [-0.3, -0.25) is 0 Å². The van der Waals surface area contributed by atoms with Crippen LogP contribution in [0.1, 0.15) is 22.9 Å². The van der Waals surface area contributed by atoms with E-state index in [9.17, 15) is 0 Å². The smallest absolute Gasteiger partial charge is 0.105 e. The Labute approximate surface area is 104 Å². The zero-order valence-electron chi connectivity index (χ0n) is 9.19. The molecule has 0 N–H and O–H groups in total. The standard InChI is InChI=1S/C11H14ClN3S/c1-9-13-4-6-15(9)5-2-3-11-14-10(7-12)8-16-11/h4,6,8H,2-3,5,7H2,1H3. The lowest BCUT2D eigenvalue weighted by molar-refractivity contribution is 0.624. The van der Waals surface area contributed by atoms with Crippen LogP contribution in [0.4, 0.5) is 0 Å². The normalized spacial score (nSPS) is 10.9. The maximum Gasteiger partial charge on any atom is 0.105 e. The van der Waals surface area contributed by atoms with Gasteiger partial charge >= 0.3 is 0 Å². The molecule has 0 aliphatic carbocycles. The summed E-state index contributed by atoms with van der Waals surface area (Å²) in [6.45, 7) is 3.02. The molecule has 0 unspecified atom stereocenters. The minimum atomic E-state index is 0.511. The number of hydrogen-bond acceptors (Lipinski definition) is 3. The van der Waals surface area contributed by atoms with Gasteiger partial charge in [-0.15, -0.1) is 22.9 Å². The van der Waals surface area contributed by atoms with E-state index in [1.165, 1.54) is 5.01 Å². The van der Waals surface area contributed by atoms with E-state index in [1.54, 1.807) is 11.3 Å². The van der Waals surface area contributed by atoms with E-state index in [4.69, 9.17) is 11.6 Å². The minimum absolute atomic E-state index is 0.511. The van der Waals surface area contributed by atoms with Crippen LogP contribution in [0.5, 0.6) is 0 Å². The second-order valence-corrected chi connectivity index (χ2v) is 4.85. The molecular formula is C11H14ClN3S. The lowest BCUT2D eigenvalue weighted by Gasteiger charge is -2.02. The molecule has 0 aromatic carbocycles. The summed E-state index contributed by atoms with van der Waals surface area (Å²) in [4.78, 5) is 8.62. The van der Waals surface area contributed by atoms with Gasteiger partial charge in [0.1, 0.15) is 5.82 Å². The van der Waals surface area contributed by atoms with Crippen molar-refractivity contribution in [3.63, 3.8) is 0 Å². The first-order valence-electron chi connectivity index (χ1n) is 5.26. The minimum Gasteiger partial charge on any atom is -0.335 e. The van der Waals surface area contributed by atoms with Crippen molar-refractivity contribution in [2.45, 2.75) is 32.2 Å². The van der Waals surface area contributed by atoms with Crippen LogP contribution in [0, 0.1) is 6.92 Å². The highest BCUT2D eigenvalue weighted by atomic mass is 35.5. The van der Waals surface area contributed by atoms with Crippen molar-refractivity contribution >= 4 is 22.9 Å². The predicted molar refractivity (Wildman–Crippen MR) is 67.0 cm³/mol. The summed E-state index contributed by atoms with van der Waals surface area (Å²) in [5.41, 5.74) is 0.987. The van der Waals surface area contributed by atoms with Crippen LogP contribution < -0.4 is 0 Å². The highest BCUT2D eigenvalue weighted by Crippen LogP contribution is 2.13. The van der Waals surface area contributed by atoms with E-state index >= 15 is 0 Å². The van der Waals surface area contributed by atoms with Gasteiger partial charge < -0.3 is 4.57 Å². The number of thiazole rings is 1. The number of rotatable bonds is 5. The first kappa shape index (κ1) is 11.6. The SMILES string of the molecule is Cc1nccn1CCCc1nc(CCl)cs1. The number of imidazole rings is 1. The van der Waals surface area contributed by atoms with Gasteiger partial charge in [0, 0.05) is 30.7 Å². The predicted octanol–water partition coefficient (Wildman–Crippen LogP) is 3.02. The van der Waals surface area contributed by atoms with Gasteiger partial charge in [0.15, 0.2) is 0 Å². The third kappa shape index (κ3) is 2.83. The summed E-state index contributed by atoms with van der Waals surface area (Å²) in [7, 11) is 0. The van der Waals surface area contributed by atoms with Gasteiger partial charge in [-0.25, -0.2) is 9.97 Å². The number of alkyl halides is 1. The summed E-state index contributed by atoms with van der Waals surface area (Å²) in [6, 6.07) is 0. The van der Waals surface area contributed by atoms with Crippen molar-refractivity contribution in [2.24, 2.45) is 0 Å². The molecule has 0 saturated heterocycles. The number of aryl methyl sites for hydroxylation is 3. The number of nitrogens with zero attached hydrogens (tertiary/aromatic N) is 3. The zero-order chi connectivity index (χ0) is 11.4. The van der Waals surface area contributed by atoms with Crippen molar-refractivity contribution in [1.29, 1.82) is 0 Å². The monoisotopic (exact) mass is 255 g/mol. The Morgan fingerprint density at radius 1 is 1.50 bits per heavy atom. The Morgan fingerprint density at radius 3 is 3.00 bits per heavy atom. The fourth-order valence-electron chi connectivity index (χ4n) is 1.57. The van der Waals surface area contributed by atoms with E-state index in [-0.39, 0.29) is 0 Å². The van der Waals surface area contributed by atoms with Crippen molar-refractivity contribution in [3.05, 3.63) is 34.3 Å². The van der Waals surface area contributed by atoms with Gasteiger partial charge in [0.25, 0.3) is 0 Å². The molecular weight excluding hydrogens is 242 g/mol. The van der Waals surface area contributed by atoms with Crippen LogP contribution in [0.25, 0.3) is 0 Å². The zero-order valence-corrected chi connectivity index (χ0v) is 10.8. The second kappa shape index (κ2) is 5.46. The maximum atomic E-state index is 5.71. The molecule has 0 aliphatic heterocycles. The van der Waals surface area contributed by atoms with Gasteiger partial charge in [-0.1, -0.05) is 0 Å². The largest absolute Gasteiger partial charge is 0.335 e. The van der Waals surface area contributed by atoms with Gasteiger partial charge in [0.05, 0.1) is 16.6 Å². The Hall–Kier alpha value is -0.870. The van der Waals surface area contributed by atoms with Crippen LogP contribution in [-0.4, -0.2) is 14.5 Å². The summed E-state index contributed by atoms with van der Waals surface area (Å²) < 4.78 is 2.16. The number of aromatic nitrogens is 3. The fourth-order valence-corrected chi connectivity index (χ4v) is 2.63. The van der Waals surface area contributed by atoms with E-state index in [1.807, 2.05) is 24.7 Å². The molecule has 16 heavy (non-hydrogen) atoms. The van der Waals surface area contributed by atoms with Crippen LogP contribution in [0.3, 0.4) is 0 Å². The van der Waals surface area contributed by atoms with E-state index in [0.29, 0.717) is 5.88 Å². The molecule has 3 nitrogen and oxygen atoms in total. The highest BCUT2D eigenvalue weighted by Gasteiger charge is 2.02. The van der Waals surface area contributed by atoms with Crippen molar-refractivity contribution in [3.8, 4) is 0 Å². The summed E-state index contributed by atoms with van der Waals surface area (Å²) in [6.07, 6.45) is 5.96. The lowest BCUT2D eigenvalue weighted by atomic mass is 10.3. The maximum absolute atomic E-state index is 5.71. The summed E-state index contributed by atoms with van der Waals surface area (Å²) >= 11 is 7.40. The Bertz CT molecular complexity index is 450. The van der Waals surface area contributed by atoms with Crippen LogP contribution in [0.15, 0.2) is 17.8 Å². The van der Waals surface area contributed by atoms with Crippen molar-refractivity contribution in [2.75, 3.05) is 0 Å². The molecule has 0 saturated carbocycles. The molecule has 2 rings (SSSR count). The first-order chi connectivity index (χ1) is 7.79. The quantitative estimate of drug-likeness (QED) is 0.769. The average molecular weight is 256 g/mol. The molecule has 0 bridgehead atoms. The van der Waals surface area contributed by atoms with Crippen LogP contribution in [-0.2, 0) is 18.8 Å². The third-order valence-electron chi connectivity index (χ3n) is 2.45. The third-order valence-corrected chi connectivity index (χ3v) is 3.68. The second-order valence-electron chi connectivity index (χ2n) is 3.64. The molecule has 2 heterocycles. The Kier molecular flexibility index (Phi) is 3.96. The molecule has 5 heteroatoms. The first-order valence-corrected chi connectivity index (χ1v) is 6.68. The molecule has 0 fully saturated rings. The lowest BCUT2D eigenvalue weighted by Crippen LogP contribution is -2.00. The van der Waals surface area contributed by atoms with Gasteiger partial charge in [0.2, 0.25) is 0 Å². The highest BCUT2D eigenvalue weighted by molar-refractivity contribution is 7.09. The van der Waals surface area contributed by atoms with Crippen LogP contribution in [0.2, 0.25) is 0 Å².